The summed E-state index contributed by atoms with van der Waals surface area (Å²) in [5.74, 6) is -0.557. The van der Waals surface area contributed by atoms with Gasteiger partial charge >= 0.3 is 0 Å². The first-order valence-corrected chi connectivity index (χ1v) is 5.28. The fourth-order valence-electron chi connectivity index (χ4n) is 1.29. The van der Waals surface area contributed by atoms with Crippen LogP contribution in [0.5, 0.6) is 0 Å². The third-order valence-corrected chi connectivity index (χ3v) is 2.87. The summed E-state index contributed by atoms with van der Waals surface area (Å²) in [6.07, 6.45) is 0. The SMILES string of the molecule is Nc1c(F)c(-c2cccs2)nn1CCO. The highest BCUT2D eigenvalue weighted by Gasteiger charge is 2.17. The summed E-state index contributed by atoms with van der Waals surface area (Å²) in [5, 5.41) is 14.6. The molecule has 80 valence electrons. The van der Waals surface area contributed by atoms with E-state index in [-0.39, 0.29) is 24.7 Å². The maximum atomic E-state index is 13.6. The molecule has 4 nitrogen and oxygen atoms in total. The Labute approximate surface area is 89.8 Å². The second kappa shape index (κ2) is 4.00. The molecule has 2 aromatic heterocycles. The van der Waals surface area contributed by atoms with Crippen molar-refractivity contribution in [2.75, 3.05) is 12.3 Å². The number of halogens is 1. The van der Waals surface area contributed by atoms with E-state index in [2.05, 4.69) is 5.10 Å². The van der Waals surface area contributed by atoms with E-state index >= 15 is 0 Å². The van der Waals surface area contributed by atoms with Gasteiger partial charge in [0.15, 0.2) is 11.6 Å². The van der Waals surface area contributed by atoms with Gasteiger partial charge in [-0.15, -0.1) is 11.3 Å². The maximum absolute atomic E-state index is 13.6. The Morgan fingerprint density at radius 1 is 1.60 bits per heavy atom. The number of nitrogens with zero attached hydrogens (tertiary/aromatic N) is 2. The van der Waals surface area contributed by atoms with Gasteiger partial charge in [-0.25, -0.2) is 9.07 Å². The lowest BCUT2D eigenvalue weighted by atomic mass is 10.3. The number of hydrogen-bond acceptors (Lipinski definition) is 4. The summed E-state index contributed by atoms with van der Waals surface area (Å²) in [5.41, 5.74) is 5.76. The first kappa shape index (κ1) is 10.1. The van der Waals surface area contributed by atoms with Crippen molar-refractivity contribution >= 4 is 17.2 Å². The lowest BCUT2D eigenvalue weighted by Crippen LogP contribution is -2.07. The van der Waals surface area contributed by atoms with Crippen LogP contribution in [0.1, 0.15) is 0 Å². The standard InChI is InChI=1S/C9H10FN3OS/c10-7-8(6-2-1-5-15-6)12-13(3-4-14)9(7)11/h1-2,5,14H,3-4,11H2. The minimum Gasteiger partial charge on any atom is -0.394 e. The van der Waals surface area contributed by atoms with Gasteiger partial charge in [0, 0.05) is 0 Å². The number of aromatic nitrogens is 2. The van der Waals surface area contributed by atoms with E-state index in [0.717, 1.165) is 4.88 Å². The molecule has 0 saturated heterocycles. The zero-order chi connectivity index (χ0) is 10.8. The highest BCUT2D eigenvalue weighted by Crippen LogP contribution is 2.28. The van der Waals surface area contributed by atoms with E-state index in [1.165, 1.54) is 16.0 Å². The van der Waals surface area contributed by atoms with Crippen LogP contribution in [0.25, 0.3) is 10.6 Å². The second-order valence-corrected chi connectivity index (χ2v) is 3.92. The number of anilines is 1. The van der Waals surface area contributed by atoms with Crippen LogP contribution in [0.4, 0.5) is 10.2 Å². The fourth-order valence-corrected chi connectivity index (χ4v) is 1.99. The van der Waals surface area contributed by atoms with E-state index in [9.17, 15) is 4.39 Å². The number of rotatable bonds is 3. The van der Waals surface area contributed by atoms with Gasteiger partial charge in [-0.05, 0) is 11.4 Å². The molecule has 0 aliphatic heterocycles. The van der Waals surface area contributed by atoms with E-state index in [4.69, 9.17) is 10.8 Å². The van der Waals surface area contributed by atoms with Crippen molar-refractivity contribution in [3.63, 3.8) is 0 Å². The fraction of sp³-hybridized carbons (Fsp3) is 0.222. The van der Waals surface area contributed by atoms with Crippen molar-refractivity contribution in [1.82, 2.24) is 9.78 Å². The molecule has 0 atom stereocenters. The Kier molecular flexibility index (Phi) is 2.70. The Hall–Kier alpha value is -1.40. The highest BCUT2D eigenvalue weighted by atomic mass is 32.1. The summed E-state index contributed by atoms with van der Waals surface area (Å²) in [6, 6.07) is 3.60. The molecule has 15 heavy (non-hydrogen) atoms. The second-order valence-electron chi connectivity index (χ2n) is 2.97. The van der Waals surface area contributed by atoms with Crippen LogP contribution in [-0.4, -0.2) is 21.5 Å². The van der Waals surface area contributed by atoms with Gasteiger partial charge < -0.3 is 10.8 Å². The minimum absolute atomic E-state index is 0.0348. The topological polar surface area (TPSA) is 64.1 Å². The molecule has 0 fully saturated rings. The van der Waals surface area contributed by atoms with E-state index in [1.807, 2.05) is 11.4 Å². The first-order chi connectivity index (χ1) is 7.24. The molecule has 0 radical (unpaired) electrons. The zero-order valence-electron chi connectivity index (χ0n) is 7.85. The molecule has 6 heteroatoms. The van der Waals surface area contributed by atoms with Crippen LogP contribution in [0.3, 0.4) is 0 Å². The molecular weight excluding hydrogens is 217 g/mol. The molecule has 0 aliphatic carbocycles. The molecule has 2 rings (SSSR count). The average Bonchev–Trinajstić information content (AvgIpc) is 2.82. The van der Waals surface area contributed by atoms with Crippen molar-refractivity contribution in [2.45, 2.75) is 6.54 Å². The highest BCUT2D eigenvalue weighted by molar-refractivity contribution is 7.13. The third-order valence-electron chi connectivity index (χ3n) is 2.00. The number of hydrogen-bond donors (Lipinski definition) is 2. The monoisotopic (exact) mass is 227 g/mol. The van der Waals surface area contributed by atoms with Crippen molar-refractivity contribution < 1.29 is 9.50 Å². The van der Waals surface area contributed by atoms with E-state index < -0.39 is 5.82 Å². The molecule has 0 aromatic carbocycles. The molecule has 0 aliphatic rings. The van der Waals surface area contributed by atoms with Crippen molar-refractivity contribution in [3.05, 3.63) is 23.3 Å². The number of nitrogen functional groups attached to an aromatic ring is 1. The summed E-state index contributed by atoms with van der Waals surface area (Å²) < 4.78 is 14.9. The molecule has 2 heterocycles. The Morgan fingerprint density at radius 3 is 3.00 bits per heavy atom. The lowest BCUT2D eigenvalue weighted by Gasteiger charge is -1.98. The summed E-state index contributed by atoms with van der Waals surface area (Å²) in [6.45, 7) is 0.0866. The van der Waals surface area contributed by atoms with Crippen LogP contribution < -0.4 is 5.73 Å². The predicted octanol–water partition coefficient (Wildman–Crippen LogP) is 1.33. The van der Waals surface area contributed by atoms with Crippen molar-refractivity contribution in [3.8, 4) is 10.6 Å². The summed E-state index contributed by atoms with van der Waals surface area (Å²) in [4.78, 5) is 0.732. The van der Waals surface area contributed by atoms with Crippen LogP contribution in [-0.2, 0) is 6.54 Å². The molecule has 0 unspecified atom stereocenters. The first-order valence-electron chi connectivity index (χ1n) is 4.40. The zero-order valence-corrected chi connectivity index (χ0v) is 8.67. The third kappa shape index (κ3) is 1.73. The number of thiophene rings is 1. The maximum Gasteiger partial charge on any atom is 0.193 e. The van der Waals surface area contributed by atoms with E-state index in [0.29, 0.717) is 0 Å². The van der Waals surface area contributed by atoms with Crippen LogP contribution in [0.15, 0.2) is 17.5 Å². The van der Waals surface area contributed by atoms with Crippen molar-refractivity contribution in [2.24, 2.45) is 0 Å². The normalized spacial score (nSPS) is 10.8. The average molecular weight is 227 g/mol. The lowest BCUT2D eigenvalue weighted by molar-refractivity contribution is 0.270. The molecule has 0 saturated carbocycles. The van der Waals surface area contributed by atoms with Gasteiger partial charge in [-0.2, -0.15) is 5.10 Å². The molecule has 3 N–H and O–H groups in total. The molecule has 0 bridgehead atoms. The summed E-state index contributed by atoms with van der Waals surface area (Å²) in [7, 11) is 0. The Bertz CT molecular complexity index is 452. The van der Waals surface area contributed by atoms with Crippen molar-refractivity contribution in [1.29, 1.82) is 0 Å². The van der Waals surface area contributed by atoms with Gasteiger partial charge in [0.2, 0.25) is 0 Å². The molecule has 2 aromatic rings. The Balaban J connectivity index is 2.45. The number of nitrogens with two attached hydrogens (primary N) is 1. The van der Waals surface area contributed by atoms with E-state index in [1.54, 1.807) is 6.07 Å². The molecular formula is C9H10FN3OS. The minimum atomic E-state index is -0.522. The van der Waals surface area contributed by atoms with Gasteiger partial charge in [0.25, 0.3) is 0 Å². The van der Waals surface area contributed by atoms with Crippen LogP contribution in [0, 0.1) is 5.82 Å². The van der Waals surface area contributed by atoms with Gasteiger partial charge in [0.05, 0.1) is 18.0 Å². The van der Waals surface area contributed by atoms with Crippen LogP contribution in [0.2, 0.25) is 0 Å². The number of aliphatic hydroxyl groups is 1. The largest absolute Gasteiger partial charge is 0.394 e. The number of aliphatic hydroxyl groups excluding tert-OH is 1. The predicted molar refractivity (Wildman–Crippen MR) is 57.0 cm³/mol. The van der Waals surface area contributed by atoms with Gasteiger partial charge in [-0.3, -0.25) is 0 Å². The molecule has 0 amide bonds. The summed E-state index contributed by atoms with van der Waals surface area (Å²) >= 11 is 1.40. The smallest absolute Gasteiger partial charge is 0.193 e. The van der Waals surface area contributed by atoms with Gasteiger partial charge in [0.1, 0.15) is 5.69 Å². The Morgan fingerprint density at radius 2 is 2.40 bits per heavy atom. The molecule has 0 spiro atoms. The van der Waals surface area contributed by atoms with Gasteiger partial charge in [-0.1, -0.05) is 6.07 Å². The van der Waals surface area contributed by atoms with Crippen LogP contribution >= 0.6 is 11.3 Å². The quantitative estimate of drug-likeness (QED) is 0.831.